The van der Waals surface area contributed by atoms with Crippen LogP contribution >= 0.6 is 14.5 Å². The average molecular weight is 793 g/mol. The van der Waals surface area contributed by atoms with Crippen molar-refractivity contribution in [1.82, 2.24) is 0 Å². The summed E-state index contributed by atoms with van der Waals surface area (Å²) in [5.41, 5.74) is 3.64. The Morgan fingerprint density at radius 3 is 0.776 bits per heavy atom. The summed E-state index contributed by atoms with van der Waals surface area (Å²) in [7, 11) is -3.91. The highest BCUT2D eigenvalue weighted by Gasteiger charge is 2.45. The number of phenolic OH excluding ortho intramolecular Hbond substituents is 2. The molecule has 0 aliphatic heterocycles. The highest BCUT2D eigenvalue weighted by molar-refractivity contribution is 7.96. The molecule has 0 heterocycles. The maximum absolute atomic E-state index is 11.3. The van der Waals surface area contributed by atoms with E-state index in [1.165, 1.54) is 31.8 Å². The van der Waals surface area contributed by atoms with E-state index < -0.39 is 14.5 Å². The van der Waals surface area contributed by atoms with Crippen LogP contribution in [0.5, 0.6) is 11.5 Å². The standard InChI is InChI=1S/C54H48O2P2/c55-53-37-35-43(21-19-39-57(45-23-7-1-8-24-45,46-25-9-2-10-26-46)47-27-11-3-12-28-47)41-51(53)52-42-44(36-38-54(52)56)22-20-40-58(48-29-13-4-14-30-48,49-31-15-5-16-32-49)50-33-17-6-18-34-50/h1-18,23-38,41-42H,19-22,39-40H2/p+2. The minimum Gasteiger partial charge on any atom is -0.507 e. The summed E-state index contributed by atoms with van der Waals surface area (Å²) in [6.07, 6.45) is 5.68. The number of rotatable bonds is 15. The normalized spacial score (nSPS) is 11.7. The zero-order valence-electron chi connectivity index (χ0n) is 32.8. The van der Waals surface area contributed by atoms with Crippen LogP contribution in [0.25, 0.3) is 11.1 Å². The van der Waals surface area contributed by atoms with Gasteiger partial charge in [0.05, 0.1) is 12.3 Å². The van der Waals surface area contributed by atoms with Crippen LogP contribution in [0.1, 0.15) is 24.0 Å². The summed E-state index contributed by atoms with van der Waals surface area (Å²) in [4.78, 5) is 0. The van der Waals surface area contributed by atoms with Crippen molar-refractivity contribution in [2.45, 2.75) is 25.7 Å². The van der Waals surface area contributed by atoms with Gasteiger partial charge < -0.3 is 10.2 Å². The first-order chi connectivity index (χ1) is 28.6. The van der Waals surface area contributed by atoms with Crippen molar-refractivity contribution in [2.75, 3.05) is 12.3 Å². The molecular formula is C54H50O2P2+2. The zero-order chi connectivity index (χ0) is 39.6. The predicted octanol–water partition coefficient (Wildman–Crippen LogP) is 10.6. The van der Waals surface area contributed by atoms with Gasteiger partial charge in [-0.2, -0.15) is 0 Å². The molecule has 58 heavy (non-hydrogen) atoms. The Labute approximate surface area is 345 Å². The van der Waals surface area contributed by atoms with Crippen molar-refractivity contribution >= 4 is 46.4 Å². The molecule has 0 aromatic heterocycles. The van der Waals surface area contributed by atoms with Gasteiger partial charge in [0.25, 0.3) is 0 Å². The van der Waals surface area contributed by atoms with Gasteiger partial charge in [-0.15, -0.1) is 0 Å². The molecule has 8 rings (SSSR count). The van der Waals surface area contributed by atoms with Crippen LogP contribution in [0.3, 0.4) is 0 Å². The minimum absolute atomic E-state index is 0.179. The average Bonchev–Trinajstić information content (AvgIpc) is 3.30. The van der Waals surface area contributed by atoms with Crippen molar-refractivity contribution in [3.05, 3.63) is 230 Å². The first-order valence-corrected chi connectivity index (χ1v) is 24.3. The van der Waals surface area contributed by atoms with Gasteiger partial charge in [0.15, 0.2) is 0 Å². The Balaban J connectivity index is 1.05. The second-order valence-corrected chi connectivity index (χ2v) is 22.2. The first-order valence-electron chi connectivity index (χ1n) is 20.3. The lowest BCUT2D eigenvalue weighted by Gasteiger charge is -2.28. The molecule has 0 bridgehead atoms. The predicted molar refractivity (Wildman–Crippen MR) is 252 cm³/mol. The molecule has 0 aliphatic rings. The summed E-state index contributed by atoms with van der Waals surface area (Å²) in [5, 5.41) is 30.8. The molecule has 8 aromatic carbocycles. The molecule has 286 valence electrons. The zero-order valence-corrected chi connectivity index (χ0v) is 34.6. The SMILES string of the molecule is Oc1ccc(CCC[P+](c2ccccc2)(c2ccccc2)c2ccccc2)cc1-c1cc(CCC[P+](c2ccccc2)(c2ccccc2)c2ccccc2)ccc1O. The fourth-order valence-electron chi connectivity index (χ4n) is 8.71. The number of hydrogen-bond acceptors (Lipinski definition) is 2. The monoisotopic (exact) mass is 792 g/mol. The van der Waals surface area contributed by atoms with E-state index in [0.717, 1.165) is 49.1 Å². The van der Waals surface area contributed by atoms with E-state index in [2.05, 4.69) is 194 Å². The van der Waals surface area contributed by atoms with Crippen molar-refractivity contribution in [3.63, 3.8) is 0 Å². The Hall–Kier alpha value is -5.78. The van der Waals surface area contributed by atoms with Crippen molar-refractivity contribution in [3.8, 4) is 22.6 Å². The molecule has 0 saturated heterocycles. The first kappa shape index (κ1) is 39.1. The lowest BCUT2D eigenvalue weighted by Crippen LogP contribution is -2.33. The van der Waals surface area contributed by atoms with E-state index in [0.29, 0.717) is 11.1 Å². The lowest BCUT2D eigenvalue weighted by molar-refractivity contribution is 0.469. The van der Waals surface area contributed by atoms with Gasteiger partial charge in [-0.3, -0.25) is 0 Å². The number of phenols is 2. The van der Waals surface area contributed by atoms with Crippen molar-refractivity contribution in [2.24, 2.45) is 0 Å². The van der Waals surface area contributed by atoms with Crippen LogP contribution in [-0.2, 0) is 12.8 Å². The Kier molecular flexibility index (Phi) is 12.3. The summed E-state index contributed by atoms with van der Waals surface area (Å²) in [6.45, 7) is 0. The topological polar surface area (TPSA) is 40.5 Å². The second-order valence-electron chi connectivity index (χ2n) is 15.0. The van der Waals surface area contributed by atoms with Gasteiger partial charge >= 0.3 is 0 Å². The number of aromatic hydroxyl groups is 2. The third kappa shape index (κ3) is 8.14. The highest BCUT2D eigenvalue weighted by atomic mass is 31.2. The molecule has 0 spiro atoms. The summed E-state index contributed by atoms with van der Waals surface area (Å²) >= 11 is 0. The maximum Gasteiger partial charge on any atom is 0.123 e. The lowest BCUT2D eigenvalue weighted by atomic mass is 9.96. The van der Waals surface area contributed by atoms with E-state index in [9.17, 15) is 10.2 Å². The van der Waals surface area contributed by atoms with E-state index in [-0.39, 0.29) is 11.5 Å². The smallest absolute Gasteiger partial charge is 0.123 e. The number of hydrogen-bond donors (Lipinski definition) is 2. The van der Waals surface area contributed by atoms with E-state index >= 15 is 0 Å². The minimum atomic E-state index is -1.95. The fraction of sp³-hybridized carbons (Fsp3) is 0.111. The maximum atomic E-state index is 11.3. The van der Waals surface area contributed by atoms with Crippen LogP contribution in [-0.4, -0.2) is 22.5 Å². The molecule has 0 radical (unpaired) electrons. The molecule has 0 amide bonds. The van der Waals surface area contributed by atoms with Gasteiger partial charge in [0, 0.05) is 11.1 Å². The molecule has 2 nitrogen and oxygen atoms in total. The summed E-state index contributed by atoms with van der Waals surface area (Å²) < 4.78 is 0. The molecule has 0 unspecified atom stereocenters. The van der Waals surface area contributed by atoms with Gasteiger partial charge in [-0.05, 0) is 134 Å². The largest absolute Gasteiger partial charge is 0.507 e. The molecule has 4 heteroatoms. The highest BCUT2D eigenvalue weighted by Crippen LogP contribution is 2.57. The quantitative estimate of drug-likeness (QED) is 0.102. The van der Waals surface area contributed by atoms with E-state index in [1.807, 2.05) is 12.1 Å². The van der Waals surface area contributed by atoms with Gasteiger partial charge in [-0.25, -0.2) is 0 Å². The van der Waals surface area contributed by atoms with Crippen LogP contribution in [0, 0.1) is 0 Å². The molecular weight excluding hydrogens is 743 g/mol. The Morgan fingerprint density at radius 2 is 0.534 bits per heavy atom. The molecule has 0 atom stereocenters. The number of benzene rings is 8. The van der Waals surface area contributed by atoms with E-state index in [1.54, 1.807) is 12.1 Å². The summed E-state index contributed by atoms with van der Waals surface area (Å²) in [5.74, 6) is 0.358. The van der Waals surface area contributed by atoms with Gasteiger partial charge in [-0.1, -0.05) is 121 Å². The fourth-order valence-corrected chi connectivity index (χ4v) is 17.4. The summed E-state index contributed by atoms with van der Waals surface area (Å²) in [6, 6.07) is 78.0. The van der Waals surface area contributed by atoms with Crippen molar-refractivity contribution < 1.29 is 10.2 Å². The van der Waals surface area contributed by atoms with E-state index in [4.69, 9.17) is 0 Å². The van der Waals surface area contributed by atoms with Crippen LogP contribution in [0.2, 0.25) is 0 Å². The van der Waals surface area contributed by atoms with Gasteiger partial charge in [0.2, 0.25) is 0 Å². The Morgan fingerprint density at radius 1 is 0.293 bits per heavy atom. The molecule has 2 N–H and O–H groups in total. The van der Waals surface area contributed by atoms with Gasteiger partial charge in [0.1, 0.15) is 57.9 Å². The number of aryl methyl sites for hydroxylation is 2. The molecule has 0 saturated carbocycles. The molecule has 0 fully saturated rings. The Bertz CT molecular complexity index is 2140. The van der Waals surface area contributed by atoms with Crippen LogP contribution in [0.15, 0.2) is 218 Å². The third-order valence-electron chi connectivity index (χ3n) is 11.5. The molecule has 0 aliphatic carbocycles. The van der Waals surface area contributed by atoms with Crippen molar-refractivity contribution in [1.29, 1.82) is 0 Å². The molecule has 8 aromatic rings. The van der Waals surface area contributed by atoms with Crippen LogP contribution in [0.4, 0.5) is 0 Å². The third-order valence-corrected chi connectivity index (χ3v) is 20.6. The van der Waals surface area contributed by atoms with Crippen LogP contribution < -0.4 is 31.8 Å². The second kappa shape index (κ2) is 18.2.